The van der Waals surface area contributed by atoms with Crippen LogP contribution in [0.2, 0.25) is 0 Å². The molecule has 0 radical (unpaired) electrons. The van der Waals surface area contributed by atoms with E-state index in [0.29, 0.717) is 0 Å². The molecule has 0 bridgehead atoms. The van der Waals surface area contributed by atoms with Crippen molar-refractivity contribution < 1.29 is 17.9 Å². The Morgan fingerprint density at radius 3 is 2.82 bits per heavy atom. The maximum absolute atomic E-state index is 11.6. The largest absolute Gasteiger partial charge is 0.469 e. The number of carbonyl (C=O) groups is 1. The van der Waals surface area contributed by atoms with Gasteiger partial charge in [0.2, 0.25) is 15.5 Å². The molecule has 0 aliphatic heterocycles. The van der Waals surface area contributed by atoms with Crippen LogP contribution in [-0.4, -0.2) is 33.0 Å². The highest BCUT2D eigenvalue weighted by molar-refractivity contribution is 7.89. The highest BCUT2D eigenvalue weighted by atomic mass is 32.2. The summed E-state index contributed by atoms with van der Waals surface area (Å²) < 4.78 is 29.8. The first-order valence-corrected chi connectivity index (χ1v) is 6.19. The smallest absolute Gasteiger partial charge is 0.306 e. The summed E-state index contributed by atoms with van der Waals surface area (Å²) in [6.45, 7) is -0.122. The fourth-order valence-corrected chi connectivity index (χ4v) is 2.16. The molecule has 1 heterocycles. The number of hydrogen-bond donors (Lipinski definition) is 2. The van der Waals surface area contributed by atoms with Gasteiger partial charge in [-0.05, 0) is 0 Å². The first kappa shape index (κ1) is 13.4. The Kier molecular flexibility index (Phi) is 4.41. The van der Waals surface area contributed by atoms with Gasteiger partial charge in [0.05, 0.1) is 13.5 Å². The minimum Gasteiger partial charge on any atom is -0.469 e. The van der Waals surface area contributed by atoms with Gasteiger partial charge in [0.1, 0.15) is 4.90 Å². The van der Waals surface area contributed by atoms with Crippen molar-refractivity contribution in [3.8, 4) is 0 Å². The lowest BCUT2D eigenvalue weighted by atomic mass is 10.4. The Morgan fingerprint density at radius 1 is 1.53 bits per heavy atom. The van der Waals surface area contributed by atoms with Crippen molar-refractivity contribution in [3.05, 3.63) is 28.7 Å². The van der Waals surface area contributed by atoms with Crippen LogP contribution in [0.4, 0.5) is 0 Å². The Bertz CT molecular complexity index is 549. The first-order valence-electron chi connectivity index (χ1n) is 4.71. The van der Waals surface area contributed by atoms with Gasteiger partial charge >= 0.3 is 5.97 Å². The molecule has 7 nitrogen and oxygen atoms in total. The zero-order valence-electron chi connectivity index (χ0n) is 9.10. The highest BCUT2D eigenvalue weighted by Crippen LogP contribution is 1.99. The molecule has 0 saturated heterocycles. The Hall–Kier alpha value is -1.67. The highest BCUT2D eigenvalue weighted by Gasteiger charge is 2.17. The van der Waals surface area contributed by atoms with E-state index in [9.17, 15) is 18.0 Å². The topological polar surface area (TPSA) is 105 Å². The van der Waals surface area contributed by atoms with Crippen molar-refractivity contribution in [1.82, 2.24) is 9.71 Å². The Morgan fingerprint density at radius 2 is 2.24 bits per heavy atom. The van der Waals surface area contributed by atoms with E-state index in [4.69, 9.17) is 0 Å². The van der Waals surface area contributed by atoms with E-state index in [1.165, 1.54) is 13.3 Å². The van der Waals surface area contributed by atoms with Gasteiger partial charge in [-0.3, -0.25) is 9.59 Å². The summed E-state index contributed by atoms with van der Waals surface area (Å²) in [7, 11) is -2.69. The van der Waals surface area contributed by atoms with Crippen LogP contribution in [-0.2, 0) is 19.6 Å². The minimum atomic E-state index is -3.90. The maximum atomic E-state index is 11.6. The summed E-state index contributed by atoms with van der Waals surface area (Å²) in [6.07, 6.45) is 2.32. The van der Waals surface area contributed by atoms with Crippen LogP contribution in [0.3, 0.4) is 0 Å². The van der Waals surface area contributed by atoms with E-state index in [0.717, 1.165) is 12.3 Å². The second-order valence-electron chi connectivity index (χ2n) is 3.10. The number of aromatic amines is 1. The molecule has 17 heavy (non-hydrogen) atoms. The van der Waals surface area contributed by atoms with E-state index in [2.05, 4.69) is 14.4 Å². The predicted octanol–water partition coefficient (Wildman–Crippen LogP) is -0.784. The number of hydrogen-bond acceptors (Lipinski definition) is 5. The monoisotopic (exact) mass is 260 g/mol. The first-order chi connectivity index (χ1) is 7.97. The number of aromatic nitrogens is 1. The van der Waals surface area contributed by atoms with Crippen molar-refractivity contribution in [3.63, 3.8) is 0 Å². The third-order valence-electron chi connectivity index (χ3n) is 1.93. The minimum absolute atomic E-state index is 0.0968. The normalized spacial score (nSPS) is 11.1. The third kappa shape index (κ3) is 3.68. The molecule has 0 amide bonds. The summed E-state index contributed by atoms with van der Waals surface area (Å²) >= 11 is 0. The molecule has 0 aliphatic rings. The van der Waals surface area contributed by atoms with Crippen molar-refractivity contribution in [2.45, 2.75) is 11.3 Å². The second kappa shape index (κ2) is 5.60. The van der Waals surface area contributed by atoms with Crippen LogP contribution in [0.25, 0.3) is 0 Å². The second-order valence-corrected chi connectivity index (χ2v) is 4.83. The standard InChI is InChI=1S/C9H12N2O5S/c1-16-9(13)3-5-11-17(14,15)8-6-10-4-2-7(8)12/h2,4,6,11H,3,5H2,1H3,(H,10,12). The molecular weight excluding hydrogens is 248 g/mol. The predicted molar refractivity (Wildman–Crippen MR) is 58.9 cm³/mol. The Balaban J connectivity index is 2.74. The van der Waals surface area contributed by atoms with E-state index >= 15 is 0 Å². The van der Waals surface area contributed by atoms with Gasteiger partial charge < -0.3 is 9.72 Å². The van der Waals surface area contributed by atoms with Crippen molar-refractivity contribution in [1.29, 1.82) is 0 Å². The number of sulfonamides is 1. The van der Waals surface area contributed by atoms with E-state index in [-0.39, 0.29) is 17.9 Å². The number of nitrogens with one attached hydrogen (secondary N) is 2. The van der Waals surface area contributed by atoms with Crippen LogP contribution >= 0.6 is 0 Å². The van der Waals surface area contributed by atoms with Crippen LogP contribution in [0, 0.1) is 0 Å². The number of methoxy groups -OCH3 is 1. The van der Waals surface area contributed by atoms with Crippen molar-refractivity contribution in [2.24, 2.45) is 0 Å². The molecule has 1 aromatic rings. The average Bonchev–Trinajstić information content (AvgIpc) is 2.28. The fourth-order valence-electron chi connectivity index (χ4n) is 1.08. The van der Waals surface area contributed by atoms with Gasteiger partial charge in [-0.25, -0.2) is 13.1 Å². The summed E-state index contributed by atoms with van der Waals surface area (Å²) in [5.41, 5.74) is -0.616. The van der Waals surface area contributed by atoms with Gasteiger partial charge in [0.25, 0.3) is 0 Å². The van der Waals surface area contributed by atoms with Gasteiger partial charge in [-0.15, -0.1) is 0 Å². The molecule has 0 spiro atoms. The van der Waals surface area contributed by atoms with E-state index < -0.39 is 21.4 Å². The molecule has 0 fully saturated rings. The van der Waals surface area contributed by atoms with E-state index in [1.54, 1.807) is 0 Å². The van der Waals surface area contributed by atoms with Crippen LogP contribution in [0.5, 0.6) is 0 Å². The Labute approximate surface area is 97.9 Å². The molecule has 1 rings (SSSR count). The van der Waals surface area contributed by atoms with Crippen molar-refractivity contribution in [2.75, 3.05) is 13.7 Å². The number of H-pyrrole nitrogens is 1. The van der Waals surface area contributed by atoms with Gasteiger partial charge in [-0.1, -0.05) is 0 Å². The number of pyridine rings is 1. The van der Waals surface area contributed by atoms with Crippen molar-refractivity contribution >= 4 is 16.0 Å². The lowest BCUT2D eigenvalue weighted by molar-refractivity contribution is -0.140. The molecule has 0 aliphatic carbocycles. The summed E-state index contributed by atoms with van der Waals surface area (Å²) in [6, 6.07) is 1.11. The lowest BCUT2D eigenvalue weighted by Gasteiger charge is -2.04. The SMILES string of the molecule is COC(=O)CCNS(=O)(=O)c1c[nH]ccc1=O. The lowest BCUT2D eigenvalue weighted by Crippen LogP contribution is -2.30. The van der Waals surface area contributed by atoms with Crippen LogP contribution in [0.1, 0.15) is 6.42 Å². The molecule has 0 saturated carbocycles. The van der Waals surface area contributed by atoms with Crippen LogP contribution in [0.15, 0.2) is 28.2 Å². The summed E-state index contributed by atoms with van der Waals surface area (Å²) in [5, 5.41) is 0. The maximum Gasteiger partial charge on any atom is 0.306 e. The quantitative estimate of drug-likeness (QED) is 0.675. The number of carbonyl (C=O) groups excluding carboxylic acids is 1. The fraction of sp³-hybridized carbons (Fsp3) is 0.333. The molecule has 0 unspecified atom stereocenters. The zero-order valence-corrected chi connectivity index (χ0v) is 9.91. The van der Waals surface area contributed by atoms with Gasteiger partial charge in [0.15, 0.2) is 0 Å². The number of esters is 1. The zero-order chi connectivity index (χ0) is 12.9. The number of rotatable bonds is 5. The summed E-state index contributed by atoms with van der Waals surface area (Å²) in [4.78, 5) is 24.2. The molecule has 94 valence electrons. The van der Waals surface area contributed by atoms with E-state index in [1.807, 2.05) is 0 Å². The molecule has 1 aromatic heterocycles. The average molecular weight is 260 g/mol. The third-order valence-corrected chi connectivity index (χ3v) is 3.41. The molecular formula is C9H12N2O5S. The number of ether oxygens (including phenoxy) is 1. The molecule has 8 heteroatoms. The van der Waals surface area contributed by atoms with Gasteiger partial charge in [-0.2, -0.15) is 0 Å². The molecule has 0 aromatic carbocycles. The summed E-state index contributed by atoms with van der Waals surface area (Å²) in [5.74, 6) is -0.533. The van der Waals surface area contributed by atoms with Crippen LogP contribution < -0.4 is 10.2 Å². The molecule has 2 N–H and O–H groups in total. The van der Waals surface area contributed by atoms with Gasteiger partial charge in [0, 0.05) is 25.0 Å². The molecule has 0 atom stereocenters.